The molecule has 2 heteroatoms. The topological polar surface area (TPSA) is 20.2 Å². The quantitative estimate of drug-likeness (QED) is 0.623. The Morgan fingerprint density at radius 1 is 1.22 bits per heavy atom. The summed E-state index contributed by atoms with van der Waals surface area (Å²) < 4.78 is 0. The molecule has 1 aromatic carbocycles. The average Bonchev–Trinajstić information content (AvgIpc) is 1.77. The molecule has 0 amide bonds. The van der Waals surface area contributed by atoms with Crippen LogP contribution in [-0.2, 0) is 16.8 Å². The van der Waals surface area contributed by atoms with E-state index in [2.05, 4.69) is 0 Å². The van der Waals surface area contributed by atoms with E-state index in [4.69, 9.17) is 5.11 Å². The van der Waals surface area contributed by atoms with Gasteiger partial charge in [-0.05, 0) is 18.6 Å². The molecule has 0 aromatic heterocycles. The van der Waals surface area contributed by atoms with Crippen molar-refractivity contribution in [3.8, 4) is 5.75 Å². The van der Waals surface area contributed by atoms with Crippen LogP contribution in [0.3, 0.4) is 0 Å². The molecule has 9 heavy (non-hydrogen) atoms. The molecule has 0 atom stereocenters. The van der Waals surface area contributed by atoms with E-state index in [1.165, 1.54) is 0 Å². The zero-order valence-corrected chi connectivity index (χ0v) is 6.13. The zero-order chi connectivity index (χ0) is 5.98. The van der Waals surface area contributed by atoms with Crippen LogP contribution in [0.2, 0.25) is 0 Å². The minimum Gasteiger partial charge on any atom is -0.508 e. The van der Waals surface area contributed by atoms with Crippen molar-refractivity contribution in [1.82, 2.24) is 0 Å². The molecule has 0 aliphatic carbocycles. The molecule has 0 saturated carbocycles. The number of rotatable bonds is 0. The Bertz CT molecular complexity index is 165. The third-order valence-corrected chi connectivity index (χ3v) is 1.12. The van der Waals surface area contributed by atoms with Crippen molar-refractivity contribution >= 4 is 0 Å². The average molecular weight is 167 g/mol. The first-order chi connectivity index (χ1) is 3.80. The molecule has 0 aliphatic heterocycles. The summed E-state index contributed by atoms with van der Waals surface area (Å²) in [5.74, 6) is 0.368. The standard InChI is InChI=1S/C7H8O.Co/c1-6-4-2-3-5-7(6)8;/h2-5,8H,1H3;. The predicted octanol–water partition coefficient (Wildman–Crippen LogP) is 1.70. The molecule has 0 aliphatic rings. The van der Waals surface area contributed by atoms with Gasteiger partial charge in [0.05, 0.1) is 0 Å². The van der Waals surface area contributed by atoms with Gasteiger partial charge in [0, 0.05) is 16.8 Å². The van der Waals surface area contributed by atoms with Gasteiger partial charge >= 0.3 is 0 Å². The van der Waals surface area contributed by atoms with E-state index in [1.54, 1.807) is 6.07 Å². The summed E-state index contributed by atoms with van der Waals surface area (Å²) in [6.07, 6.45) is 0. The van der Waals surface area contributed by atoms with Crippen LogP contribution in [0.25, 0.3) is 0 Å². The van der Waals surface area contributed by atoms with E-state index in [0.29, 0.717) is 5.75 Å². The fraction of sp³-hybridized carbons (Fsp3) is 0.143. The third-order valence-electron chi connectivity index (χ3n) is 1.12. The molecule has 1 N–H and O–H groups in total. The van der Waals surface area contributed by atoms with Crippen molar-refractivity contribution < 1.29 is 21.9 Å². The Morgan fingerprint density at radius 3 is 2.11 bits per heavy atom. The number of para-hydroxylation sites is 1. The normalized spacial score (nSPS) is 8.11. The predicted molar refractivity (Wildman–Crippen MR) is 32.8 cm³/mol. The number of aromatic hydroxyl groups is 1. The maximum atomic E-state index is 8.92. The second kappa shape index (κ2) is 3.53. The fourth-order valence-corrected chi connectivity index (χ4v) is 0.563. The minimum atomic E-state index is 0. The van der Waals surface area contributed by atoms with Crippen LogP contribution < -0.4 is 0 Å². The number of hydrogen-bond donors (Lipinski definition) is 1. The van der Waals surface area contributed by atoms with Gasteiger partial charge < -0.3 is 5.11 Å². The van der Waals surface area contributed by atoms with Crippen LogP contribution in [0.15, 0.2) is 24.3 Å². The third kappa shape index (κ3) is 2.07. The first-order valence-corrected chi connectivity index (χ1v) is 2.55. The van der Waals surface area contributed by atoms with E-state index in [9.17, 15) is 0 Å². The van der Waals surface area contributed by atoms with Crippen molar-refractivity contribution in [2.24, 2.45) is 0 Å². The first-order valence-electron chi connectivity index (χ1n) is 2.55. The summed E-state index contributed by atoms with van der Waals surface area (Å²) in [5, 5.41) is 8.92. The van der Waals surface area contributed by atoms with Gasteiger partial charge in [-0.2, -0.15) is 0 Å². The van der Waals surface area contributed by atoms with E-state index < -0.39 is 0 Å². The van der Waals surface area contributed by atoms with E-state index in [-0.39, 0.29) is 16.8 Å². The number of benzene rings is 1. The van der Waals surface area contributed by atoms with Gasteiger partial charge in [-0.3, -0.25) is 0 Å². The second-order valence-corrected chi connectivity index (χ2v) is 1.79. The van der Waals surface area contributed by atoms with Crippen molar-refractivity contribution in [2.45, 2.75) is 6.92 Å². The van der Waals surface area contributed by atoms with Crippen molar-refractivity contribution in [2.75, 3.05) is 0 Å². The van der Waals surface area contributed by atoms with Crippen molar-refractivity contribution in [3.05, 3.63) is 29.8 Å². The van der Waals surface area contributed by atoms with Crippen LogP contribution in [0, 0.1) is 6.92 Å². The summed E-state index contributed by atoms with van der Waals surface area (Å²) in [7, 11) is 0. The zero-order valence-electron chi connectivity index (χ0n) is 5.09. The molecule has 1 aromatic rings. The summed E-state index contributed by atoms with van der Waals surface area (Å²) in [5.41, 5.74) is 0.924. The largest absolute Gasteiger partial charge is 0.508 e. The summed E-state index contributed by atoms with van der Waals surface area (Å²) >= 11 is 0. The van der Waals surface area contributed by atoms with Crippen LogP contribution in [0.4, 0.5) is 0 Å². The molecule has 0 bridgehead atoms. The molecule has 0 saturated heterocycles. The molecular weight excluding hydrogens is 159 g/mol. The molecule has 0 fully saturated rings. The van der Waals surface area contributed by atoms with Gasteiger partial charge in [0.15, 0.2) is 0 Å². The van der Waals surface area contributed by atoms with E-state index in [0.717, 1.165) is 5.56 Å². The first kappa shape index (κ1) is 8.53. The van der Waals surface area contributed by atoms with Crippen molar-refractivity contribution in [1.29, 1.82) is 0 Å². The smallest absolute Gasteiger partial charge is 0.118 e. The van der Waals surface area contributed by atoms with Crippen molar-refractivity contribution in [3.63, 3.8) is 0 Å². The minimum absolute atomic E-state index is 0. The molecule has 51 valence electrons. The molecule has 0 unspecified atom stereocenters. The van der Waals surface area contributed by atoms with Gasteiger partial charge in [0.1, 0.15) is 5.75 Å². The van der Waals surface area contributed by atoms with Gasteiger partial charge in [0.25, 0.3) is 0 Å². The van der Waals surface area contributed by atoms with Gasteiger partial charge in [-0.15, -0.1) is 0 Å². The summed E-state index contributed by atoms with van der Waals surface area (Å²) in [6, 6.07) is 7.25. The monoisotopic (exact) mass is 167 g/mol. The van der Waals surface area contributed by atoms with Crippen LogP contribution in [0.5, 0.6) is 5.75 Å². The van der Waals surface area contributed by atoms with Crippen LogP contribution >= 0.6 is 0 Å². The number of phenolic OH excluding ortho intramolecular Hbond substituents is 1. The number of hydrogen-bond acceptors (Lipinski definition) is 1. The number of aryl methyl sites for hydroxylation is 1. The molecule has 0 heterocycles. The van der Waals surface area contributed by atoms with Gasteiger partial charge in [0.2, 0.25) is 0 Å². The maximum absolute atomic E-state index is 8.92. The maximum Gasteiger partial charge on any atom is 0.118 e. The van der Waals surface area contributed by atoms with Gasteiger partial charge in [-0.25, -0.2) is 0 Å². The molecule has 1 rings (SSSR count). The summed E-state index contributed by atoms with van der Waals surface area (Å²) in [6.45, 7) is 1.87. The second-order valence-electron chi connectivity index (χ2n) is 1.79. The molecule has 0 spiro atoms. The Labute approximate surface area is 64.9 Å². The van der Waals surface area contributed by atoms with Crippen LogP contribution in [0.1, 0.15) is 5.56 Å². The Balaban J connectivity index is 0.000000640. The Morgan fingerprint density at radius 2 is 1.78 bits per heavy atom. The number of phenols is 1. The fourth-order valence-electron chi connectivity index (χ4n) is 0.563. The van der Waals surface area contributed by atoms with Gasteiger partial charge in [-0.1, -0.05) is 18.2 Å². The van der Waals surface area contributed by atoms with Crippen LogP contribution in [-0.4, -0.2) is 5.11 Å². The van der Waals surface area contributed by atoms with E-state index >= 15 is 0 Å². The SMILES string of the molecule is Cc1ccccc1O.[Co]. The molecule has 1 nitrogen and oxygen atoms in total. The summed E-state index contributed by atoms with van der Waals surface area (Å²) in [4.78, 5) is 0. The van der Waals surface area contributed by atoms with E-state index in [1.807, 2.05) is 25.1 Å². The molecule has 1 radical (unpaired) electrons. The molecular formula is C7H8CoO. The Hall–Kier alpha value is -0.474. The Kier molecular flexibility index (Phi) is 3.35.